The van der Waals surface area contributed by atoms with Gasteiger partial charge in [0.2, 0.25) is 0 Å². The van der Waals surface area contributed by atoms with Crippen LogP contribution in [-0.4, -0.2) is 11.2 Å². The lowest BCUT2D eigenvalue weighted by atomic mass is 10.2. The van der Waals surface area contributed by atoms with E-state index in [4.69, 9.17) is 12.2 Å². The third-order valence-corrected chi connectivity index (χ3v) is 3.58. The zero-order valence-electron chi connectivity index (χ0n) is 9.30. The maximum atomic E-state index is 13.5. The van der Waals surface area contributed by atoms with Crippen molar-refractivity contribution in [3.8, 4) is 0 Å². The molecule has 1 aromatic rings. The van der Waals surface area contributed by atoms with Crippen LogP contribution in [0.1, 0.15) is 25.7 Å². The van der Waals surface area contributed by atoms with Gasteiger partial charge in [0.15, 0.2) is 5.11 Å². The highest BCUT2D eigenvalue weighted by Gasteiger charge is 2.15. The van der Waals surface area contributed by atoms with Crippen LogP contribution in [0.2, 0.25) is 0 Å². The predicted molar refractivity (Wildman–Crippen MR) is 75.7 cm³/mol. The molecule has 0 atom stereocenters. The van der Waals surface area contributed by atoms with Crippen molar-refractivity contribution in [1.29, 1.82) is 0 Å². The Morgan fingerprint density at radius 2 is 2.06 bits per heavy atom. The van der Waals surface area contributed by atoms with Crippen LogP contribution in [0.3, 0.4) is 0 Å². The molecule has 1 aromatic carbocycles. The van der Waals surface area contributed by atoms with Gasteiger partial charge in [0.25, 0.3) is 0 Å². The molecule has 0 radical (unpaired) electrons. The summed E-state index contributed by atoms with van der Waals surface area (Å²) >= 11 is 8.48. The number of hydrogen-bond donors (Lipinski definition) is 2. The Hall–Kier alpha value is -0.680. The van der Waals surface area contributed by atoms with Crippen LogP contribution < -0.4 is 10.6 Å². The van der Waals surface area contributed by atoms with E-state index in [0.717, 1.165) is 17.3 Å². The maximum Gasteiger partial charge on any atom is 0.171 e. The van der Waals surface area contributed by atoms with E-state index in [1.165, 1.54) is 18.9 Å². The topological polar surface area (TPSA) is 24.1 Å². The van der Waals surface area contributed by atoms with E-state index in [1.54, 1.807) is 12.1 Å². The number of rotatable bonds is 2. The number of halogens is 2. The van der Waals surface area contributed by atoms with Crippen LogP contribution in [-0.2, 0) is 0 Å². The molecule has 2 N–H and O–H groups in total. The highest BCUT2D eigenvalue weighted by atomic mass is 79.9. The highest BCUT2D eigenvalue weighted by molar-refractivity contribution is 9.10. The summed E-state index contributed by atoms with van der Waals surface area (Å²) in [5.74, 6) is -0.302. The van der Waals surface area contributed by atoms with Crippen molar-refractivity contribution in [3.05, 3.63) is 28.5 Å². The minimum absolute atomic E-state index is 0.302. The van der Waals surface area contributed by atoms with Gasteiger partial charge in [-0.1, -0.05) is 28.8 Å². The molecule has 1 aliphatic rings. The number of nitrogens with one attached hydrogen (secondary N) is 2. The summed E-state index contributed by atoms with van der Waals surface area (Å²) in [7, 11) is 0. The third kappa shape index (κ3) is 3.64. The number of anilines is 1. The zero-order valence-corrected chi connectivity index (χ0v) is 11.7. The fourth-order valence-corrected chi connectivity index (χ4v) is 2.64. The summed E-state index contributed by atoms with van der Waals surface area (Å²) < 4.78 is 14.3. The summed E-state index contributed by atoms with van der Waals surface area (Å²) in [5, 5.41) is 6.60. The van der Waals surface area contributed by atoms with Crippen molar-refractivity contribution in [2.24, 2.45) is 0 Å². The van der Waals surface area contributed by atoms with Gasteiger partial charge in [0, 0.05) is 10.5 Å². The molecule has 92 valence electrons. The van der Waals surface area contributed by atoms with Gasteiger partial charge in [-0.25, -0.2) is 4.39 Å². The molecule has 0 aliphatic heterocycles. The van der Waals surface area contributed by atoms with E-state index in [2.05, 4.69) is 26.6 Å². The van der Waals surface area contributed by atoms with Gasteiger partial charge in [-0.3, -0.25) is 0 Å². The fourth-order valence-electron chi connectivity index (χ4n) is 2.01. The first-order valence-corrected chi connectivity index (χ1v) is 6.88. The molecule has 0 spiro atoms. The summed E-state index contributed by atoms with van der Waals surface area (Å²) in [6.45, 7) is 0. The van der Waals surface area contributed by atoms with Crippen LogP contribution in [0, 0.1) is 5.82 Å². The normalized spacial score (nSPS) is 15.9. The average Bonchev–Trinajstić information content (AvgIpc) is 2.76. The van der Waals surface area contributed by atoms with E-state index >= 15 is 0 Å². The van der Waals surface area contributed by atoms with Gasteiger partial charge in [0.05, 0.1) is 5.69 Å². The molecule has 1 saturated carbocycles. The summed E-state index contributed by atoms with van der Waals surface area (Å²) in [6.07, 6.45) is 4.77. The molecule has 17 heavy (non-hydrogen) atoms. The zero-order chi connectivity index (χ0) is 12.3. The maximum absolute atomic E-state index is 13.5. The molecule has 0 amide bonds. The quantitative estimate of drug-likeness (QED) is 0.811. The highest BCUT2D eigenvalue weighted by Crippen LogP contribution is 2.21. The monoisotopic (exact) mass is 316 g/mol. The van der Waals surface area contributed by atoms with Gasteiger partial charge in [-0.2, -0.15) is 0 Å². The molecule has 1 aliphatic carbocycles. The molecule has 1 fully saturated rings. The molecule has 0 aromatic heterocycles. The standard InChI is InChI=1S/C12H14BrFN2S/c13-8-5-6-10(14)11(7-8)16-12(17)15-9-3-1-2-4-9/h5-7,9H,1-4H2,(H2,15,16,17). The van der Waals surface area contributed by atoms with Crippen molar-refractivity contribution < 1.29 is 4.39 Å². The van der Waals surface area contributed by atoms with Crippen LogP contribution >= 0.6 is 28.1 Å². The van der Waals surface area contributed by atoms with E-state index in [9.17, 15) is 4.39 Å². The molecular formula is C12H14BrFN2S. The Labute approximate surface area is 114 Å². The molecule has 2 rings (SSSR count). The van der Waals surface area contributed by atoms with Crippen LogP contribution in [0.5, 0.6) is 0 Å². The average molecular weight is 317 g/mol. The van der Waals surface area contributed by atoms with Crippen LogP contribution in [0.25, 0.3) is 0 Å². The van der Waals surface area contributed by atoms with Crippen molar-refractivity contribution >= 4 is 38.9 Å². The molecule has 0 unspecified atom stereocenters. The largest absolute Gasteiger partial charge is 0.360 e. The molecule has 0 heterocycles. The molecular weight excluding hydrogens is 303 g/mol. The van der Waals surface area contributed by atoms with Crippen molar-refractivity contribution in [2.75, 3.05) is 5.32 Å². The second-order valence-corrected chi connectivity index (χ2v) is 5.53. The Bertz CT molecular complexity index is 419. The second-order valence-electron chi connectivity index (χ2n) is 4.20. The van der Waals surface area contributed by atoms with E-state index in [1.807, 2.05) is 0 Å². The molecule has 5 heteroatoms. The van der Waals surface area contributed by atoms with Gasteiger partial charge in [0.1, 0.15) is 5.82 Å². The van der Waals surface area contributed by atoms with Crippen molar-refractivity contribution in [1.82, 2.24) is 5.32 Å². The van der Waals surface area contributed by atoms with E-state index < -0.39 is 0 Å². The molecule has 0 bridgehead atoms. The lowest BCUT2D eigenvalue weighted by molar-refractivity contribution is 0.626. The van der Waals surface area contributed by atoms with Crippen LogP contribution in [0.4, 0.5) is 10.1 Å². The first-order chi connectivity index (χ1) is 8.15. The van der Waals surface area contributed by atoms with Crippen LogP contribution in [0.15, 0.2) is 22.7 Å². The summed E-state index contributed by atoms with van der Waals surface area (Å²) in [4.78, 5) is 0. The van der Waals surface area contributed by atoms with Gasteiger partial charge >= 0.3 is 0 Å². The number of thiocarbonyl (C=S) groups is 1. The minimum atomic E-state index is -0.302. The Morgan fingerprint density at radius 1 is 1.35 bits per heavy atom. The molecule has 2 nitrogen and oxygen atoms in total. The minimum Gasteiger partial charge on any atom is -0.360 e. The van der Waals surface area contributed by atoms with Gasteiger partial charge in [-0.05, 0) is 43.3 Å². The van der Waals surface area contributed by atoms with Gasteiger partial charge < -0.3 is 10.6 Å². The van der Waals surface area contributed by atoms with Gasteiger partial charge in [-0.15, -0.1) is 0 Å². The Morgan fingerprint density at radius 3 is 2.76 bits per heavy atom. The van der Waals surface area contributed by atoms with Crippen molar-refractivity contribution in [2.45, 2.75) is 31.7 Å². The lowest BCUT2D eigenvalue weighted by Gasteiger charge is -2.16. The number of hydrogen-bond acceptors (Lipinski definition) is 1. The van der Waals surface area contributed by atoms with E-state index in [0.29, 0.717) is 16.8 Å². The Kier molecular flexibility index (Phi) is 4.34. The van der Waals surface area contributed by atoms with Crippen molar-refractivity contribution in [3.63, 3.8) is 0 Å². The first-order valence-electron chi connectivity index (χ1n) is 5.68. The second kappa shape index (κ2) is 5.78. The predicted octanol–water partition coefficient (Wildman–Crippen LogP) is 3.82. The summed E-state index contributed by atoms with van der Waals surface area (Å²) in [6, 6.07) is 5.18. The lowest BCUT2D eigenvalue weighted by Crippen LogP contribution is -2.36. The smallest absolute Gasteiger partial charge is 0.171 e. The van der Waals surface area contributed by atoms with E-state index in [-0.39, 0.29) is 5.82 Å². The SMILES string of the molecule is Fc1ccc(Br)cc1NC(=S)NC1CCCC1. The Balaban J connectivity index is 1.95. The fraction of sp³-hybridized carbons (Fsp3) is 0.417. The first kappa shape index (κ1) is 12.8. The molecule has 0 saturated heterocycles. The number of benzene rings is 1. The third-order valence-electron chi connectivity index (χ3n) is 2.87. The summed E-state index contributed by atoms with van der Waals surface area (Å²) in [5.41, 5.74) is 0.398.